The summed E-state index contributed by atoms with van der Waals surface area (Å²) in [7, 11) is 0. The van der Waals surface area contributed by atoms with E-state index in [1.807, 2.05) is 0 Å². The highest BCUT2D eigenvalue weighted by atomic mass is 35.5. The van der Waals surface area contributed by atoms with Gasteiger partial charge in [0.25, 0.3) is 0 Å². The molecule has 1 heterocycles. The predicted molar refractivity (Wildman–Crippen MR) is 87.7 cm³/mol. The molecule has 0 radical (unpaired) electrons. The molecule has 0 saturated heterocycles. The lowest BCUT2D eigenvalue weighted by molar-refractivity contribution is 0.418. The molecular formula is C17H20ClNS. The first-order valence-corrected chi connectivity index (χ1v) is 8.43. The Morgan fingerprint density at radius 1 is 1.35 bits per heavy atom. The Morgan fingerprint density at radius 3 is 3.00 bits per heavy atom. The Hall–Kier alpha value is -0.830. The Morgan fingerprint density at radius 2 is 2.20 bits per heavy atom. The fourth-order valence-corrected chi connectivity index (χ4v) is 4.42. The third-order valence-corrected chi connectivity index (χ3v) is 5.42. The van der Waals surface area contributed by atoms with Crippen molar-refractivity contribution in [2.24, 2.45) is 0 Å². The van der Waals surface area contributed by atoms with Gasteiger partial charge in [0, 0.05) is 17.0 Å². The van der Waals surface area contributed by atoms with Crippen LogP contribution in [0.4, 0.5) is 0 Å². The third-order valence-electron chi connectivity index (χ3n) is 4.08. The summed E-state index contributed by atoms with van der Waals surface area (Å²) in [5, 5.41) is 3.78. The Kier molecular flexibility index (Phi) is 4.16. The normalized spacial score (nSPS) is 19.6. The SMILES string of the molecule is Cc1cccc([C@@H](C)NC2CCCc3sc(Cl)cc32)c1. The van der Waals surface area contributed by atoms with Crippen molar-refractivity contribution in [3.05, 3.63) is 56.2 Å². The molecule has 0 fully saturated rings. The zero-order valence-electron chi connectivity index (χ0n) is 11.9. The predicted octanol–water partition coefficient (Wildman–Crippen LogP) is 5.44. The number of hydrogen-bond acceptors (Lipinski definition) is 2. The van der Waals surface area contributed by atoms with Crippen molar-refractivity contribution in [3.8, 4) is 0 Å². The van der Waals surface area contributed by atoms with E-state index in [2.05, 4.69) is 49.5 Å². The second-order valence-corrected chi connectivity index (χ2v) is 7.44. The van der Waals surface area contributed by atoms with Gasteiger partial charge in [0.2, 0.25) is 0 Å². The molecule has 20 heavy (non-hydrogen) atoms. The molecule has 106 valence electrons. The second-order valence-electron chi connectivity index (χ2n) is 5.68. The number of thiophene rings is 1. The molecule has 2 aromatic rings. The number of fused-ring (bicyclic) bond motifs is 1. The summed E-state index contributed by atoms with van der Waals surface area (Å²) in [6, 6.07) is 11.7. The minimum atomic E-state index is 0.365. The Balaban J connectivity index is 1.78. The fourth-order valence-electron chi connectivity index (χ4n) is 3.03. The molecule has 1 aliphatic carbocycles. The van der Waals surface area contributed by atoms with Crippen molar-refractivity contribution in [1.29, 1.82) is 0 Å². The molecule has 1 nitrogen and oxygen atoms in total. The van der Waals surface area contributed by atoms with E-state index < -0.39 is 0 Å². The lowest BCUT2D eigenvalue weighted by Gasteiger charge is -2.27. The van der Waals surface area contributed by atoms with Crippen LogP contribution in [0.15, 0.2) is 30.3 Å². The van der Waals surface area contributed by atoms with Crippen LogP contribution >= 0.6 is 22.9 Å². The van der Waals surface area contributed by atoms with E-state index in [1.54, 1.807) is 11.3 Å². The monoisotopic (exact) mass is 305 g/mol. The molecule has 1 unspecified atom stereocenters. The maximum Gasteiger partial charge on any atom is 0.0934 e. The van der Waals surface area contributed by atoms with Gasteiger partial charge in [0.05, 0.1) is 4.34 Å². The van der Waals surface area contributed by atoms with Gasteiger partial charge in [0.15, 0.2) is 0 Å². The third kappa shape index (κ3) is 2.93. The van der Waals surface area contributed by atoms with E-state index in [1.165, 1.54) is 40.8 Å². The van der Waals surface area contributed by atoms with E-state index in [-0.39, 0.29) is 0 Å². The molecule has 3 rings (SSSR count). The van der Waals surface area contributed by atoms with Gasteiger partial charge < -0.3 is 5.32 Å². The van der Waals surface area contributed by atoms with E-state index in [0.717, 1.165) is 4.34 Å². The van der Waals surface area contributed by atoms with Gasteiger partial charge in [-0.05, 0) is 50.3 Å². The van der Waals surface area contributed by atoms with Crippen molar-refractivity contribution in [3.63, 3.8) is 0 Å². The summed E-state index contributed by atoms with van der Waals surface area (Å²) in [4.78, 5) is 1.47. The molecule has 0 saturated carbocycles. The van der Waals surface area contributed by atoms with Gasteiger partial charge in [-0.25, -0.2) is 0 Å². The molecule has 0 spiro atoms. The topological polar surface area (TPSA) is 12.0 Å². The summed E-state index contributed by atoms with van der Waals surface area (Å²) >= 11 is 7.93. The van der Waals surface area contributed by atoms with Crippen LogP contribution in [-0.2, 0) is 6.42 Å². The smallest absolute Gasteiger partial charge is 0.0934 e. The molecule has 1 aliphatic rings. The lowest BCUT2D eigenvalue weighted by atomic mass is 9.92. The van der Waals surface area contributed by atoms with E-state index in [4.69, 9.17) is 11.6 Å². The molecule has 1 aromatic heterocycles. The van der Waals surface area contributed by atoms with Crippen LogP contribution in [0.2, 0.25) is 4.34 Å². The van der Waals surface area contributed by atoms with Gasteiger partial charge in [-0.3, -0.25) is 0 Å². The summed E-state index contributed by atoms with van der Waals surface area (Å²) in [6.45, 7) is 4.39. The van der Waals surface area contributed by atoms with Crippen molar-refractivity contribution >= 4 is 22.9 Å². The number of nitrogens with one attached hydrogen (secondary N) is 1. The first kappa shape index (κ1) is 14.1. The van der Waals surface area contributed by atoms with Crippen LogP contribution in [-0.4, -0.2) is 0 Å². The maximum absolute atomic E-state index is 6.18. The minimum absolute atomic E-state index is 0.365. The summed E-state index contributed by atoms with van der Waals surface area (Å²) in [5.74, 6) is 0. The number of halogens is 1. The van der Waals surface area contributed by atoms with E-state index in [9.17, 15) is 0 Å². The zero-order chi connectivity index (χ0) is 14.1. The van der Waals surface area contributed by atoms with Gasteiger partial charge in [-0.1, -0.05) is 41.4 Å². The maximum atomic E-state index is 6.18. The van der Waals surface area contributed by atoms with Crippen LogP contribution in [0.1, 0.15) is 53.4 Å². The van der Waals surface area contributed by atoms with Crippen molar-refractivity contribution < 1.29 is 0 Å². The number of benzene rings is 1. The van der Waals surface area contributed by atoms with Gasteiger partial charge in [0.1, 0.15) is 0 Å². The molecule has 1 N–H and O–H groups in total. The fraction of sp³-hybridized carbons (Fsp3) is 0.412. The molecule has 2 atom stereocenters. The number of rotatable bonds is 3. The van der Waals surface area contributed by atoms with Crippen LogP contribution in [0, 0.1) is 6.92 Å². The van der Waals surface area contributed by atoms with Crippen LogP contribution in [0.5, 0.6) is 0 Å². The first-order chi connectivity index (χ1) is 9.63. The molecular weight excluding hydrogens is 286 g/mol. The lowest BCUT2D eigenvalue weighted by Crippen LogP contribution is -2.27. The van der Waals surface area contributed by atoms with Gasteiger partial charge >= 0.3 is 0 Å². The average Bonchev–Trinajstić information content (AvgIpc) is 2.80. The number of aryl methyl sites for hydroxylation is 2. The minimum Gasteiger partial charge on any atom is -0.303 e. The molecule has 0 amide bonds. The van der Waals surface area contributed by atoms with Crippen LogP contribution in [0.3, 0.4) is 0 Å². The Bertz CT molecular complexity index is 605. The molecule has 0 bridgehead atoms. The standard InChI is InChI=1S/C17H20ClNS/c1-11-5-3-6-13(9-11)12(2)19-15-7-4-8-16-14(15)10-17(18)20-16/h3,5-6,9-10,12,15,19H,4,7-8H2,1-2H3/t12-,15?/m1/s1. The van der Waals surface area contributed by atoms with E-state index >= 15 is 0 Å². The molecule has 3 heteroatoms. The Labute approximate surface area is 130 Å². The summed E-state index contributed by atoms with van der Waals surface area (Å²) < 4.78 is 0.923. The average molecular weight is 306 g/mol. The van der Waals surface area contributed by atoms with Crippen molar-refractivity contribution in [1.82, 2.24) is 5.32 Å². The molecule has 0 aliphatic heterocycles. The summed E-state index contributed by atoms with van der Waals surface area (Å²) in [6.07, 6.45) is 3.64. The largest absolute Gasteiger partial charge is 0.303 e. The van der Waals surface area contributed by atoms with Crippen LogP contribution < -0.4 is 5.32 Å². The van der Waals surface area contributed by atoms with Gasteiger partial charge in [-0.15, -0.1) is 11.3 Å². The number of hydrogen-bond donors (Lipinski definition) is 1. The van der Waals surface area contributed by atoms with Gasteiger partial charge in [-0.2, -0.15) is 0 Å². The van der Waals surface area contributed by atoms with Crippen LogP contribution in [0.25, 0.3) is 0 Å². The highest BCUT2D eigenvalue weighted by molar-refractivity contribution is 7.16. The van der Waals surface area contributed by atoms with E-state index in [0.29, 0.717) is 12.1 Å². The summed E-state index contributed by atoms with van der Waals surface area (Å²) in [5.41, 5.74) is 4.10. The quantitative estimate of drug-likeness (QED) is 0.796. The second kappa shape index (κ2) is 5.88. The highest BCUT2D eigenvalue weighted by Gasteiger charge is 2.24. The zero-order valence-corrected chi connectivity index (χ0v) is 13.5. The van der Waals surface area contributed by atoms with Crippen molar-refractivity contribution in [2.75, 3.05) is 0 Å². The van der Waals surface area contributed by atoms with Crippen molar-refractivity contribution in [2.45, 2.75) is 45.2 Å². The molecule has 1 aromatic carbocycles. The highest BCUT2D eigenvalue weighted by Crippen LogP contribution is 2.38. The first-order valence-electron chi connectivity index (χ1n) is 7.24.